The van der Waals surface area contributed by atoms with E-state index in [0.717, 1.165) is 39.4 Å². The van der Waals surface area contributed by atoms with Gasteiger partial charge in [0.25, 0.3) is 5.88 Å². The van der Waals surface area contributed by atoms with Crippen LogP contribution in [0.25, 0.3) is 22.3 Å². The maximum atomic E-state index is 9.15. The van der Waals surface area contributed by atoms with Crippen LogP contribution < -0.4 is 14.8 Å². The molecule has 164 valence electrons. The van der Waals surface area contributed by atoms with Gasteiger partial charge in [0.05, 0.1) is 25.0 Å². The van der Waals surface area contributed by atoms with E-state index in [9.17, 15) is 0 Å². The van der Waals surface area contributed by atoms with Gasteiger partial charge >= 0.3 is 0 Å². The normalized spacial score (nSPS) is 13.8. The third kappa shape index (κ3) is 3.92. The second-order valence-corrected chi connectivity index (χ2v) is 7.53. The van der Waals surface area contributed by atoms with Crippen LogP contribution in [0.2, 0.25) is 0 Å². The minimum Gasteiger partial charge on any atom is -0.484 e. The van der Waals surface area contributed by atoms with E-state index in [1.807, 2.05) is 18.2 Å². The van der Waals surface area contributed by atoms with Crippen LogP contribution in [0.4, 0.5) is 5.82 Å². The molecule has 1 atom stereocenters. The van der Waals surface area contributed by atoms with E-state index >= 15 is 0 Å². The van der Waals surface area contributed by atoms with Crippen molar-refractivity contribution in [2.45, 2.75) is 19.4 Å². The molecule has 10 nitrogen and oxygen atoms in total. The number of ether oxygens (including phenoxy) is 2. The molecular formula is C22H23N7O3. The van der Waals surface area contributed by atoms with Gasteiger partial charge in [0.15, 0.2) is 11.4 Å². The molecule has 1 aliphatic heterocycles. The fraction of sp³-hybridized carbons (Fsp3) is 0.318. The van der Waals surface area contributed by atoms with Gasteiger partial charge in [-0.1, -0.05) is 6.92 Å². The maximum Gasteiger partial charge on any atom is 0.257 e. The van der Waals surface area contributed by atoms with Crippen LogP contribution in [0.3, 0.4) is 0 Å². The molecule has 32 heavy (non-hydrogen) atoms. The first kappa shape index (κ1) is 20.1. The average molecular weight is 433 g/mol. The first-order chi connectivity index (χ1) is 15.7. The Morgan fingerprint density at radius 1 is 1.12 bits per heavy atom. The zero-order valence-electron chi connectivity index (χ0n) is 17.6. The Bertz CT molecular complexity index is 1240. The fourth-order valence-corrected chi connectivity index (χ4v) is 3.71. The number of nitrogens with zero attached hydrogens (tertiary/aromatic N) is 6. The zero-order valence-corrected chi connectivity index (χ0v) is 17.6. The van der Waals surface area contributed by atoms with Crippen molar-refractivity contribution in [3.05, 3.63) is 48.7 Å². The highest BCUT2D eigenvalue weighted by atomic mass is 16.6. The number of nitrogens with one attached hydrogen (secondary N) is 1. The van der Waals surface area contributed by atoms with Gasteiger partial charge in [0.1, 0.15) is 25.4 Å². The molecule has 4 aromatic heterocycles. The lowest BCUT2D eigenvalue weighted by molar-refractivity contribution is 0.162. The molecule has 0 spiro atoms. The summed E-state index contributed by atoms with van der Waals surface area (Å²) < 4.78 is 13.1. The van der Waals surface area contributed by atoms with Gasteiger partial charge in [-0.2, -0.15) is 5.10 Å². The number of aliphatic hydroxyl groups excluding tert-OH is 1. The number of fused-ring (bicyclic) bond motifs is 2. The topological polar surface area (TPSA) is 120 Å². The first-order valence-corrected chi connectivity index (χ1v) is 10.5. The summed E-state index contributed by atoms with van der Waals surface area (Å²) in [7, 11) is 0. The number of anilines is 1. The molecule has 10 heteroatoms. The fourth-order valence-electron chi connectivity index (χ4n) is 3.71. The lowest BCUT2D eigenvalue weighted by Gasteiger charge is -2.22. The average Bonchev–Trinajstić information content (AvgIpc) is 3.24. The Balaban J connectivity index is 1.32. The van der Waals surface area contributed by atoms with Crippen molar-refractivity contribution in [2.75, 3.05) is 31.7 Å². The molecule has 0 saturated carbocycles. The highest BCUT2D eigenvalue weighted by molar-refractivity contribution is 5.80. The molecule has 0 aromatic carbocycles. The highest BCUT2D eigenvalue weighted by Gasteiger charge is 2.20. The van der Waals surface area contributed by atoms with E-state index in [4.69, 9.17) is 14.6 Å². The number of hydrogen-bond acceptors (Lipinski definition) is 9. The van der Waals surface area contributed by atoms with Crippen LogP contribution in [0.1, 0.15) is 18.4 Å². The predicted octanol–water partition coefficient (Wildman–Crippen LogP) is 2.26. The Labute approximate surface area is 184 Å². The van der Waals surface area contributed by atoms with Crippen molar-refractivity contribution in [3.63, 3.8) is 0 Å². The largest absolute Gasteiger partial charge is 0.484 e. The second kappa shape index (κ2) is 8.75. The minimum absolute atomic E-state index is 0.0149. The van der Waals surface area contributed by atoms with E-state index in [-0.39, 0.29) is 12.5 Å². The molecule has 0 fully saturated rings. The monoisotopic (exact) mass is 433 g/mol. The summed E-state index contributed by atoms with van der Waals surface area (Å²) in [6, 6.07) is 5.84. The standard InChI is InChI=1S/C22H23N7O3/c1-14(17-2-3-23-22-20(17)31-6-7-32-22)10-24-19-9-18(26-13-27-19)15-8-16-12-28-29(4-5-30)21(16)25-11-15/h2-3,8-9,11-14,30H,4-7,10H2,1H3,(H,24,26,27). The van der Waals surface area contributed by atoms with Gasteiger partial charge < -0.3 is 19.9 Å². The number of aromatic nitrogens is 6. The van der Waals surface area contributed by atoms with Crippen molar-refractivity contribution >= 4 is 16.9 Å². The van der Waals surface area contributed by atoms with Gasteiger partial charge in [-0.15, -0.1) is 0 Å². The Morgan fingerprint density at radius 2 is 2.03 bits per heavy atom. The summed E-state index contributed by atoms with van der Waals surface area (Å²) in [6.07, 6.45) is 6.78. The second-order valence-electron chi connectivity index (χ2n) is 7.53. The van der Waals surface area contributed by atoms with Gasteiger partial charge in [-0.05, 0) is 12.1 Å². The molecule has 1 unspecified atom stereocenters. The SMILES string of the molecule is CC(CNc1cc(-c2cnc3c(cnn3CCO)c2)ncn1)c1ccnc2c1OCCO2. The van der Waals surface area contributed by atoms with E-state index in [1.54, 1.807) is 23.3 Å². The van der Waals surface area contributed by atoms with Crippen LogP contribution in [-0.4, -0.2) is 61.2 Å². The number of rotatable bonds is 7. The predicted molar refractivity (Wildman–Crippen MR) is 118 cm³/mol. The third-order valence-corrected chi connectivity index (χ3v) is 5.34. The van der Waals surface area contributed by atoms with Crippen LogP contribution in [0.5, 0.6) is 11.6 Å². The summed E-state index contributed by atoms with van der Waals surface area (Å²) in [4.78, 5) is 17.5. The first-order valence-electron chi connectivity index (χ1n) is 10.5. The molecule has 0 saturated heterocycles. The lowest BCUT2D eigenvalue weighted by Crippen LogP contribution is -2.19. The van der Waals surface area contributed by atoms with Gasteiger partial charge in [-0.25, -0.2) is 24.6 Å². The van der Waals surface area contributed by atoms with Crippen molar-refractivity contribution in [3.8, 4) is 22.9 Å². The molecule has 0 radical (unpaired) electrons. The van der Waals surface area contributed by atoms with Crippen LogP contribution in [0, 0.1) is 0 Å². The minimum atomic E-state index is 0.0149. The molecule has 1 aliphatic rings. The van der Waals surface area contributed by atoms with Gasteiger partial charge in [-0.3, -0.25) is 0 Å². The summed E-state index contributed by atoms with van der Waals surface area (Å²) in [5, 5.41) is 17.7. The molecular weight excluding hydrogens is 410 g/mol. The van der Waals surface area contributed by atoms with Crippen LogP contribution in [-0.2, 0) is 6.54 Å². The number of pyridine rings is 2. The summed E-state index contributed by atoms with van der Waals surface area (Å²) in [5.41, 5.74) is 3.41. The smallest absolute Gasteiger partial charge is 0.257 e. The molecule has 0 aliphatic carbocycles. The van der Waals surface area contributed by atoms with Crippen LogP contribution >= 0.6 is 0 Å². The van der Waals surface area contributed by atoms with Gasteiger partial charge in [0, 0.05) is 47.4 Å². The van der Waals surface area contributed by atoms with Crippen LogP contribution in [0.15, 0.2) is 43.1 Å². The summed E-state index contributed by atoms with van der Waals surface area (Å²) in [6.45, 7) is 4.24. The molecule has 2 N–H and O–H groups in total. The highest BCUT2D eigenvalue weighted by Crippen LogP contribution is 2.35. The van der Waals surface area contributed by atoms with E-state index < -0.39 is 0 Å². The van der Waals surface area contributed by atoms with Crippen molar-refractivity contribution in [1.82, 2.24) is 29.7 Å². The van der Waals surface area contributed by atoms with Crippen molar-refractivity contribution < 1.29 is 14.6 Å². The molecule has 5 rings (SSSR count). The number of hydrogen-bond donors (Lipinski definition) is 2. The van der Waals surface area contributed by atoms with E-state index in [0.29, 0.717) is 32.2 Å². The molecule has 4 aromatic rings. The molecule has 5 heterocycles. The van der Waals surface area contributed by atoms with Gasteiger partial charge in [0.2, 0.25) is 0 Å². The Morgan fingerprint density at radius 3 is 2.94 bits per heavy atom. The summed E-state index contributed by atoms with van der Waals surface area (Å²) >= 11 is 0. The van der Waals surface area contributed by atoms with E-state index in [2.05, 4.69) is 37.3 Å². The third-order valence-electron chi connectivity index (χ3n) is 5.34. The lowest BCUT2D eigenvalue weighted by atomic mass is 10.0. The van der Waals surface area contributed by atoms with Crippen molar-refractivity contribution in [2.24, 2.45) is 0 Å². The summed E-state index contributed by atoms with van der Waals surface area (Å²) in [5.74, 6) is 2.15. The Kier molecular flexibility index (Phi) is 5.51. The quantitative estimate of drug-likeness (QED) is 0.452. The molecule has 0 amide bonds. The molecule has 0 bridgehead atoms. The maximum absolute atomic E-state index is 9.15. The van der Waals surface area contributed by atoms with Crippen molar-refractivity contribution in [1.29, 1.82) is 0 Å². The Hall–Kier alpha value is -3.79. The van der Waals surface area contributed by atoms with E-state index in [1.165, 1.54) is 6.33 Å². The zero-order chi connectivity index (χ0) is 21.9. The number of aliphatic hydroxyl groups is 1.